The van der Waals surface area contributed by atoms with E-state index in [-0.39, 0.29) is 25.1 Å². The van der Waals surface area contributed by atoms with Crippen molar-refractivity contribution in [3.05, 3.63) is 46.8 Å². The van der Waals surface area contributed by atoms with Crippen molar-refractivity contribution in [2.75, 3.05) is 25.0 Å². The van der Waals surface area contributed by atoms with Crippen molar-refractivity contribution in [2.45, 2.75) is 26.3 Å². The molecule has 1 aliphatic heterocycles. The monoisotopic (exact) mass is 328 g/mol. The first-order chi connectivity index (χ1) is 11.5. The van der Waals surface area contributed by atoms with Gasteiger partial charge >= 0.3 is 0 Å². The smallest absolute Gasteiger partial charge is 0.238 e. The molecule has 2 aromatic rings. The number of anilines is 1. The van der Waals surface area contributed by atoms with Gasteiger partial charge in [-0.15, -0.1) is 0 Å². The molecule has 0 fully saturated rings. The molecule has 0 spiro atoms. The van der Waals surface area contributed by atoms with Crippen molar-refractivity contribution in [3.8, 4) is 0 Å². The van der Waals surface area contributed by atoms with Crippen LogP contribution in [0.25, 0.3) is 0 Å². The lowest BCUT2D eigenvalue weighted by Crippen LogP contribution is -2.42. The predicted molar refractivity (Wildman–Crippen MR) is 92.9 cm³/mol. The van der Waals surface area contributed by atoms with Gasteiger partial charge < -0.3 is 10.4 Å². The number of fused-ring (bicyclic) bond motifs is 1. The normalized spacial score (nSPS) is 17.6. The molecule has 0 saturated carbocycles. The third-order valence-corrected chi connectivity index (χ3v) is 4.82. The van der Waals surface area contributed by atoms with E-state index in [9.17, 15) is 9.90 Å². The number of aliphatic hydroxyl groups is 1. The molecular weight excluding hydrogens is 304 g/mol. The predicted octanol–water partition coefficient (Wildman–Crippen LogP) is 1.57. The number of benzene rings is 1. The van der Waals surface area contributed by atoms with E-state index < -0.39 is 0 Å². The Morgan fingerprint density at radius 2 is 2.12 bits per heavy atom. The van der Waals surface area contributed by atoms with Crippen LogP contribution < -0.4 is 5.32 Å². The fourth-order valence-electron chi connectivity index (χ4n) is 3.42. The maximum absolute atomic E-state index is 12.5. The minimum Gasteiger partial charge on any atom is -0.394 e. The fourth-order valence-corrected chi connectivity index (χ4v) is 3.42. The Hall–Kier alpha value is -2.18. The molecular formula is C18H24N4O2. The van der Waals surface area contributed by atoms with E-state index >= 15 is 0 Å². The van der Waals surface area contributed by atoms with Crippen molar-refractivity contribution in [3.63, 3.8) is 0 Å². The van der Waals surface area contributed by atoms with E-state index in [4.69, 9.17) is 0 Å². The lowest BCUT2D eigenvalue weighted by atomic mass is 9.93. The molecule has 1 aromatic heterocycles. The molecule has 128 valence electrons. The van der Waals surface area contributed by atoms with Crippen LogP contribution in [0.4, 0.5) is 5.69 Å². The summed E-state index contributed by atoms with van der Waals surface area (Å²) in [6.07, 6.45) is 0.894. The van der Waals surface area contributed by atoms with Crippen molar-refractivity contribution < 1.29 is 9.90 Å². The van der Waals surface area contributed by atoms with E-state index in [1.807, 2.05) is 44.0 Å². The Bertz CT molecular complexity index is 753. The number of hydrogen-bond acceptors (Lipinski definition) is 4. The first-order valence-corrected chi connectivity index (χ1v) is 8.24. The average molecular weight is 328 g/mol. The fraction of sp³-hybridized carbons (Fsp3) is 0.444. The summed E-state index contributed by atoms with van der Waals surface area (Å²) in [5, 5.41) is 17.1. The molecule has 1 aliphatic rings. The Morgan fingerprint density at radius 3 is 2.79 bits per heavy atom. The van der Waals surface area contributed by atoms with Gasteiger partial charge in [-0.2, -0.15) is 5.10 Å². The standard InChI is InChI=1S/C18H24N4O2/c1-12-18(13(2)21(3)20-12)19-17(24)10-22-9-8-14-6-4-5-7-15(14)16(22)11-23/h4-7,16,23H,8-11H2,1-3H3,(H,19,24). The number of nitrogens with zero attached hydrogens (tertiary/aromatic N) is 3. The molecule has 1 amide bonds. The van der Waals surface area contributed by atoms with Crippen LogP contribution in [0, 0.1) is 13.8 Å². The van der Waals surface area contributed by atoms with Gasteiger partial charge in [-0.05, 0) is 31.4 Å². The van der Waals surface area contributed by atoms with Gasteiger partial charge in [0.05, 0.1) is 36.3 Å². The minimum atomic E-state index is -0.128. The van der Waals surface area contributed by atoms with Crippen LogP contribution in [0.1, 0.15) is 28.6 Å². The molecule has 6 heteroatoms. The van der Waals surface area contributed by atoms with E-state index in [0.717, 1.165) is 35.6 Å². The van der Waals surface area contributed by atoms with Crippen LogP contribution in [0.15, 0.2) is 24.3 Å². The summed E-state index contributed by atoms with van der Waals surface area (Å²) in [6.45, 7) is 4.85. The number of aryl methyl sites for hydroxylation is 2. The summed E-state index contributed by atoms with van der Waals surface area (Å²) < 4.78 is 1.76. The number of aliphatic hydroxyl groups excluding tert-OH is 1. The van der Waals surface area contributed by atoms with Crippen LogP contribution in [-0.2, 0) is 18.3 Å². The van der Waals surface area contributed by atoms with Crippen molar-refractivity contribution in [2.24, 2.45) is 7.05 Å². The highest BCUT2D eigenvalue weighted by Crippen LogP contribution is 2.29. The van der Waals surface area contributed by atoms with E-state index in [2.05, 4.69) is 16.5 Å². The zero-order valence-electron chi connectivity index (χ0n) is 14.4. The summed E-state index contributed by atoms with van der Waals surface area (Å²) in [4.78, 5) is 14.5. The zero-order chi connectivity index (χ0) is 17.3. The van der Waals surface area contributed by atoms with Crippen molar-refractivity contribution in [1.82, 2.24) is 14.7 Å². The molecule has 0 saturated heterocycles. The number of rotatable bonds is 4. The van der Waals surface area contributed by atoms with Crippen LogP contribution >= 0.6 is 0 Å². The maximum Gasteiger partial charge on any atom is 0.238 e. The zero-order valence-corrected chi connectivity index (χ0v) is 14.4. The van der Waals surface area contributed by atoms with E-state index in [0.29, 0.717) is 0 Å². The van der Waals surface area contributed by atoms with Gasteiger partial charge in [0.2, 0.25) is 5.91 Å². The molecule has 0 bridgehead atoms. The summed E-state index contributed by atoms with van der Waals surface area (Å²) in [5.74, 6) is -0.0768. The summed E-state index contributed by atoms with van der Waals surface area (Å²) >= 11 is 0. The molecule has 1 aromatic carbocycles. The second-order valence-electron chi connectivity index (χ2n) is 6.34. The number of aromatic nitrogens is 2. The lowest BCUT2D eigenvalue weighted by molar-refractivity contribution is -0.118. The second kappa shape index (κ2) is 6.75. The molecule has 6 nitrogen and oxygen atoms in total. The van der Waals surface area contributed by atoms with Crippen LogP contribution in [0.2, 0.25) is 0 Å². The van der Waals surface area contributed by atoms with Gasteiger partial charge in [0, 0.05) is 13.6 Å². The molecule has 24 heavy (non-hydrogen) atoms. The average Bonchev–Trinajstić information content (AvgIpc) is 2.81. The maximum atomic E-state index is 12.5. The first kappa shape index (κ1) is 16.7. The summed E-state index contributed by atoms with van der Waals surface area (Å²) in [5.41, 5.74) is 4.90. The number of nitrogens with one attached hydrogen (secondary N) is 1. The lowest BCUT2D eigenvalue weighted by Gasteiger charge is -2.35. The molecule has 3 rings (SSSR count). The highest BCUT2D eigenvalue weighted by Gasteiger charge is 2.28. The van der Waals surface area contributed by atoms with E-state index in [1.54, 1.807) is 4.68 Å². The van der Waals surface area contributed by atoms with Crippen molar-refractivity contribution in [1.29, 1.82) is 0 Å². The largest absolute Gasteiger partial charge is 0.394 e. The number of carbonyl (C=O) groups is 1. The van der Waals surface area contributed by atoms with Gasteiger partial charge in [0.15, 0.2) is 0 Å². The quantitative estimate of drug-likeness (QED) is 0.894. The third-order valence-electron chi connectivity index (χ3n) is 4.82. The number of amides is 1. The van der Waals surface area contributed by atoms with Gasteiger partial charge in [0.25, 0.3) is 0 Å². The molecule has 0 aliphatic carbocycles. The summed E-state index contributed by atoms with van der Waals surface area (Å²) in [6, 6.07) is 8.00. The SMILES string of the molecule is Cc1nn(C)c(C)c1NC(=O)CN1CCc2ccccc2C1CO. The topological polar surface area (TPSA) is 70.4 Å². The second-order valence-corrected chi connectivity index (χ2v) is 6.34. The highest BCUT2D eigenvalue weighted by molar-refractivity contribution is 5.93. The highest BCUT2D eigenvalue weighted by atomic mass is 16.3. The number of carbonyl (C=O) groups excluding carboxylic acids is 1. The van der Waals surface area contributed by atoms with Gasteiger partial charge in [-0.3, -0.25) is 14.4 Å². The van der Waals surface area contributed by atoms with Crippen molar-refractivity contribution >= 4 is 11.6 Å². The molecule has 2 heterocycles. The molecule has 0 radical (unpaired) electrons. The molecule has 1 unspecified atom stereocenters. The van der Waals surface area contributed by atoms with Crippen LogP contribution in [0.3, 0.4) is 0 Å². The van der Waals surface area contributed by atoms with Gasteiger partial charge in [-0.1, -0.05) is 24.3 Å². The summed E-state index contributed by atoms with van der Waals surface area (Å²) in [7, 11) is 1.86. The minimum absolute atomic E-state index is 0.00917. The van der Waals surface area contributed by atoms with Crippen LogP contribution in [-0.4, -0.2) is 45.4 Å². The van der Waals surface area contributed by atoms with Crippen LogP contribution in [0.5, 0.6) is 0 Å². The Balaban J connectivity index is 1.73. The Morgan fingerprint density at radius 1 is 1.38 bits per heavy atom. The molecule has 2 N–H and O–H groups in total. The first-order valence-electron chi connectivity index (χ1n) is 8.24. The van der Waals surface area contributed by atoms with E-state index in [1.165, 1.54) is 5.56 Å². The molecule has 1 atom stereocenters. The Kier molecular flexibility index (Phi) is 4.69. The van der Waals surface area contributed by atoms with Gasteiger partial charge in [0.1, 0.15) is 0 Å². The third kappa shape index (κ3) is 3.07. The van der Waals surface area contributed by atoms with Gasteiger partial charge in [-0.25, -0.2) is 0 Å². The Labute approximate surface area is 142 Å². The number of hydrogen-bond donors (Lipinski definition) is 2.